The Balaban J connectivity index is 0.00000243. The molecule has 0 spiro atoms. The fourth-order valence-electron chi connectivity index (χ4n) is 2.81. The van der Waals surface area contributed by atoms with Gasteiger partial charge in [-0.3, -0.25) is 0 Å². The first-order chi connectivity index (χ1) is 12.3. The van der Waals surface area contributed by atoms with Crippen LogP contribution in [-0.2, 0) is 13.0 Å². The summed E-state index contributed by atoms with van der Waals surface area (Å²) in [6.45, 7) is 6.54. The van der Waals surface area contributed by atoms with Crippen molar-refractivity contribution < 1.29 is 0 Å². The Kier molecular flexibility index (Phi) is 8.97. The molecule has 0 saturated heterocycles. The van der Waals surface area contributed by atoms with Crippen molar-refractivity contribution in [3.63, 3.8) is 0 Å². The molecule has 0 radical (unpaired) electrons. The molecular weight excluding hydrogens is 455 g/mol. The highest BCUT2D eigenvalue weighted by Crippen LogP contribution is 2.18. The third kappa shape index (κ3) is 6.32. The molecular formula is C20H27IN4S. The van der Waals surface area contributed by atoms with E-state index in [2.05, 4.69) is 76.4 Å². The Labute approximate surface area is 177 Å². The van der Waals surface area contributed by atoms with Gasteiger partial charge in [-0.05, 0) is 42.5 Å². The van der Waals surface area contributed by atoms with Gasteiger partial charge < -0.3 is 15.5 Å². The van der Waals surface area contributed by atoms with Gasteiger partial charge in [0.2, 0.25) is 0 Å². The molecule has 1 aliphatic rings. The lowest BCUT2D eigenvalue weighted by atomic mass is 10.2. The van der Waals surface area contributed by atoms with Gasteiger partial charge in [-0.1, -0.05) is 30.4 Å². The first-order valence-corrected chi connectivity index (χ1v) is 9.76. The van der Waals surface area contributed by atoms with Gasteiger partial charge in [0.25, 0.3) is 0 Å². The summed E-state index contributed by atoms with van der Waals surface area (Å²) in [6.07, 6.45) is 5.46. The van der Waals surface area contributed by atoms with Crippen molar-refractivity contribution in [2.45, 2.75) is 19.9 Å². The second-order valence-electron chi connectivity index (χ2n) is 6.00. The van der Waals surface area contributed by atoms with Crippen LogP contribution in [0.15, 0.2) is 58.9 Å². The first-order valence-electron chi connectivity index (χ1n) is 8.88. The normalized spacial score (nSPS) is 13.6. The first kappa shape index (κ1) is 20.8. The number of nitrogens with one attached hydrogen (secondary N) is 2. The lowest BCUT2D eigenvalue weighted by molar-refractivity contribution is 0.804. The van der Waals surface area contributed by atoms with Crippen LogP contribution in [0.1, 0.15) is 17.4 Å². The van der Waals surface area contributed by atoms with Crippen molar-refractivity contribution >= 4 is 47.0 Å². The minimum Gasteiger partial charge on any atom is -0.364 e. The predicted molar refractivity (Wildman–Crippen MR) is 124 cm³/mol. The molecule has 140 valence electrons. The molecule has 4 nitrogen and oxygen atoms in total. The Hall–Kier alpha value is -1.54. The van der Waals surface area contributed by atoms with Gasteiger partial charge >= 0.3 is 0 Å². The van der Waals surface area contributed by atoms with E-state index in [1.54, 1.807) is 11.3 Å². The Morgan fingerprint density at radius 1 is 1.15 bits per heavy atom. The number of halogens is 1. The molecule has 0 saturated carbocycles. The average molecular weight is 482 g/mol. The van der Waals surface area contributed by atoms with Gasteiger partial charge in [0.15, 0.2) is 5.96 Å². The highest BCUT2D eigenvalue weighted by atomic mass is 127. The summed E-state index contributed by atoms with van der Waals surface area (Å²) >= 11 is 1.80. The van der Waals surface area contributed by atoms with Crippen LogP contribution in [0.25, 0.3) is 0 Å². The van der Waals surface area contributed by atoms with E-state index in [4.69, 9.17) is 4.99 Å². The summed E-state index contributed by atoms with van der Waals surface area (Å²) in [5.41, 5.74) is 2.51. The van der Waals surface area contributed by atoms with E-state index in [0.29, 0.717) is 6.54 Å². The lowest BCUT2D eigenvalue weighted by Gasteiger charge is -2.18. The highest BCUT2D eigenvalue weighted by Gasteiger charge is 2.07. The number of aliphatic imine (C=N–C) groups is 1. The van der Waals surface area contributed by atoms with Gasteiger partial charge in [0, 0.05) is 36.7 Å². The second kappa shape index (κ2) is 11.2. The van der Waals surface area contributed by atoms with Crippen molar-refractivity contribution in [1.82, 2.24) is 10.6 Å². The third-order valence-electron chi connectivity index (χ3n) is 4.10. The van der Waals surface area contributed by atoms with Crippen LogP contribution in [0.2, 0.25) is 0 Å². The highest BCUT2D eigenvalue weighted by molar-refractivity contribution is 14.0. The molecule has 0 unspecified atom stereocenters. The smallest absolute Gasteiger partial charge is 0.191 e. The summed E-state index contributed by atoms with van der Waals surface area (Å²) in [4.78, 5) is 8.49. The van der Waals surface area contributed by atoms with Gasteiger partial charge in [0.05, 0.1) is 6.54 Å². The maximum absolute atomic E-state index is 4.73. The molecule has 26 heavy (non-hydrogen) atoms. The standard InChI is InChI=1S/C20H26N4S.HI/c1-2-21-20(22-11-10-19-9-6-14-25-19)23-16-17-7-5-8-18(15-17)24-12-3-4-13-24;/h3-9,14-15H,2,10-13,16H2,1H3,(H2,21,22,23);1H. The van der Waals surface area contributed by atoms with Crippen molar-refractivity contribution in [2.75, 3.05) is 31.1 Å². The van der Waals surface area contributed by atoms with Crippen molar-refractivity contribution in [3.8, 4) is 0 Å². The van der Waals surface area contributed by atoms with E-state index in [9.17, 15) is 0 Å². The zero-order valence-corrected chi connectivity index (χ0v) is 18.3. The number of anilines is 1. The van der Waals surface area contributed by atoms with Crippen LogP contribution < -0.4 is 15.5 Å². The number of thiophene rings is 1. The number of hydrogen-bond donors (Lipinski definition) is 2. The predicted octanol–water partition coefficient (Wildman–Crippen LogP) is 4.04. The summed E-state index contributed by atoms with van der Waals surface area (Å²) in [6, 6.07) is 13.0. The monoisotopic (exact) mass is 482 g/mol. The van der Waals surface area contributed by atoms with E-state index in [-0.39, 0.29) is 24.0 Å². The average Bonchev–Trinajstić information content (AvgIpc) is 3.34. The molecule has 1 aromatic heterocycles. The van der Waals surface area contributed by atoms with E-state index in [0.717, 1.165) is 38.6 Å². The number of guanidine groups is 1. The van der Waals surface area contributed by atoms with Crippen molar-refractivity contribution in [3.05, 3.63) is 64.4 Å². The molecule has 6 heteroatoms. The van der Waals surface area contributed by atoms with Crippen LogP contribution in [0.5, 0.6) is 0 Å². The summed E-state index contributed by atoms with van der Waals surface area (Å²) in [7, 11) is 0. The molecule has 3 rings (SSSR count). The fourth-order valence-corrected chi connectivity index (χ4v) is 3.52. The molecule has 0 atom stereocenters. The SMILES string of the molecule is CCNC(=NCc1cccc(N2CC=CC2)c1)NCCc1cccs1.I. The van der Waals surface area contributed by atoms with Gasteiger partial charge in [0.1, 0.15) is 0 Å². The summed E-state index contributed by atoms with van der Waals surface area (Å²) in [5.74, 6) is 0.882. The van der Waals surface area contributed by atoms with Gasteiger partial charge in [-0.2, -0.15) is 0 Å². The molecule has 1 aromatic carbocycles. The Bertz CT molecular complexity index is 704. The van der Waals surface area contributed by atoms with E-state index in [1.165, 1.54) is 16.1 Å². The van der Waals surface area contributed by atoms with Crippen LogP contribution in [0, 0.1) is 0 Å². The minimum absolute atomic E-state index is 0. The van der Waals surface area contributed by atoms with Crippen molar-refractivity contribution in [2.24, 2.45) is 4.99 Å². The maximum atomic E-state index is 4.73. The molecule has 2 heterocycles. The van der Waals surface area contributed by atoms with E-state index < -0.39 is 0 Å². The number of nitrogens with zero attached hydrogens (tertiary/aromatic N) is 2. The molecule has 0 fully saturated rings. The quantitative estimate of drug-likeness (QED) is 0.271. The van der Waals surface area contributed by atoms with E-state index >= 15 is 0 Å². The van der Waals surface area contributed by atoms with Crippen LogP contribution in [-0.4, -0.2) is 32.1 Å². The summed E-state index contributed by atoms with van der Waals surface area (Å²) in [5, 5.41) is 8.87. The lowest BCUT2D eigenvalue weighted by Crippen LogP contribution is -2.38. The summed E-state index contributed by atoms with van der Waals surface area (Å²) < 4.78 is 0. The van der Waals surface area contributed by atoms with Gasteiger partial charge in [-0.25, -0.2) is 4.99 Å². The van der Waals surface area contributed by atoms with Crippen molar-refractivity contribution in [1.29, 1.82) is 0 Å². The molecule has 0 bridgehead atoms. The zero-order valence-electron chi connectivity index (χ0n) is 15.1. The molecule has 2 aromatic rings. The van der Waals surface area contributed by atoms with Crippen LogP contribution >= 0.6 is 35.3 Å². The van der Waals surface area contributed by atoms with E-state index in [1.807, 2.05) is 0 Å². The zero-order chi connectivity index (χ0) is 17.3. The number of benzene rings is 1. The Morgan fingerprint density at radius 2 is 2.00 bits per heavy atom. The second-order valence-corrected chi connectivity index (χ2v) is 7.03. The maximum Gasteiger partial charge on any atom is 0.191 e. The topological polar surface area (TPSA) is 39.7 Å². The minimum atomic E-state index is 0. The molecule has 0 aliphatic carbocycles. The molecule has 0 amide bonds. The third-order valence-corrected chi connectivity index (χ3v) is 5.04. The molecule has 2 N–H and O–H groups in total. The number of hydrogen-bond acceptors (Lipinski definition) is 3. The molecule has 1 aliphatic heterocycles. The van der Waals surface area contributed by atoms with Gasteiger partial charge in [-0.15, -0.1) is 35.3 Å². The number of rotatable bonds is 7. The fraction of sp³-hybridized carbons (Fsp3) is 0.350. The van der Waals surface area contributed by atoms with Crippen LogP contribution in [0.3, 0.4) is 0 Å². The largest absolute Gasteiger partial charge is 0.364 e. The Morgan fingerprint density at radius 3 is 2.73 bits per heavy atom. The van der Waals surface area contributed by atoms with Crippen LogP contribution in [0.4, 0.5) is 5.69 Å².